The first kappa shape index (κ1) is 14.2. The molecule has 4 rings (SSSR count). The summed E-state index contributed by atoms with van der Waals surface area (Å²) in [6.45, 7) is 0.728. The molecule has 3 nitrogen and oxygen atoms in total. The van der Waals surface area contributed by atoms with Gasteiger partial charge >= 0.3 is 0 Å². The Balaban J connectivity index is 1.50. The number of aromatic nitrogens is 1. The Hall–Kier alpha value is -2.39. The maximum atomic E-state index is 5.94. The van der Waals surface area contributed by atoms with Gasteiger partial charge in [0.2, 0.25) is 5.89 Å². The van der Waals surface area contributed by atoms with Crippen molar-refractivity contribution in [1.29, 1.82) is 0 Å². The van der Waals surface area contributed by atoms with E-state index < -0.39 is 0 Å². The van der Waals surface area contributed by atoms with Crippen LogP contribution in [0.25, 0.3) is 11.3 Å². The van der Waals surface area contributed by atoms with Crippen LogP contribution in [0.2, 0.25) is 0 Å². The lowest BCUT2D eigenvalue weighted by Crippen LogP contribution is -2.22. The predicted octanol–water partition coefficient (Wildman–Crippen LogP) is 4.46. The lowest BCUT2D eigenvalue weighted by molar-refractivity contribution is 0.214. The fourth-order valence-corrected chi connectivity index (χ4v) is 3.44. The molecule has 0 fully saturated rings. The van der Waals surface area contributed by atoms with Crippen molar-refractivity contribution in [3.63, 3.8) is 0 Å². The van der Waals surface area contributed by atoms with Crippen LogP contribution >= 0.6 is 0 Å². The van der Waals surface area contributed by atoms with Crippen molar-refractivity contribution in [3.8, 4) is 11.3 Å². The van der Waals surface area contributed by atoms with Gasteiger partial charge in [-0.2, -0.15) is 0 Å². The van der Waals surface area contributed by atoms with Gasteiger partial charge in [0.1, 0.15) is 0 Å². The summed E-state index contributed by atoms with van der Waals surface area (Å²) < 4.78 is 5.94. The lowest BCUT2D eigenvalue weighted by Gasteiger charge is -2.23. The molecule has 0 aliphatic heterocycles. The highest BCUT2D eigenvalue weighted by molar-refractivity contribution is 5.55. The van der Waals surface area contributed by atoms with Crippen molar-refractivity contribution in [2.75, 3.05) is 7.05 Å². The number of fused-ring (bicyclic) bond motifs is 1. The smallest absolute Gasteiger partial charge is 0.209 e. The van der Waals surface area contributed by atoms with E-state index in [1.165, 1.54) is 17.5 Å². The van der Waals surface area contributed by atoms with Crippen molar-refractivity contribution in [2.45, 2.75) is 25.4 Å². The molecule has 23 heavy (non-hydrogen) atoms. The van der Waals surface area contributed by atoms with Crippen molar-refractivity contribution in [2.24, 2.45) is 0 Å². The SMILES string of the molecule is CN(Cc1ncc(-c2ccccc2)o1)C1CCc2ccccc21. The molecule has 1 aromatic heterocycles. The summed E-state index contributed by atoms with van der Waals surface area (Å²) in [4.78, 5) is 6.79. The van der Waals surface area contributed by atoms with Gasteiger partial charge in [-0.3, -0.25) is 4.90 Å². The van der Waals surface area contributed by atoms with Gasteiger partial charge < -0.3 is 4.42 Å². The van der Waals surface area contributed by atoms with Crippen LogP contribution in [0, 0.1) is 0 Å². The van der Waals surface area contributed by atoms with Crippen LogP contribution in [0.5, 0.6) is 0 Å². The molecule has 0 spiro atoms. The van der Waals surface area contributed by atoms with Gasteiger partial charge in [0.25, 0.3) is 0 Å². The second-order valence-electron chi connectivity index (χ2n) is 6.15. The van der Waals surface area contributed by atoms with Gasteiger partial charge in [-0.25, -0.2) is 4.98 Å². The third kappa shape index (κ3) is 2.80. The van der Waals surface area contributed by atoms with E-state index in [-0.39, 0.29) is 0 Å². The molecule has 0 saturated carbocycles. The zero-order valence-corrected chi connectivity index (χ0v) is 13.3. The normalized spacial score (nSPS) is 16.7. The number of oxazole rings is 1. The summed E-state index contributed by atoms with van der Waals surface area (Å²) in [5.74, 6) is 1.61. The minimum atomic E-state index is 0.457. The summed E-state index contributed by atoms with van der Waals surface area (Å²) in [6, 6.07) is 19.3. The van der Waals surface area contributed by atoms with Crippen molar-refractivity contribution in [1.82, 2.24) is 9.88 Å². The first-order valence-corrected chi connectivity index (χ1v) is 8.09. The van der Waals surface area contributed by atoms with Crippen LogP contribution in [-0.2, 0) is 13.0 Å². The molecule has 1 atom stereocenters. The molecular weight excluding hydrogens is 284 g/mol. The Morgan fingerprint density at radius 2 is 1.87 bits per heavy atom. The third-order valence-electron chi connectivity index (χ3n) is 4.63. The van der Waals surface area contributed by atoms with Gasteiger partial charge in [-0.05, 0) is 31.0 Å². The number of hydrogen-bond acceptors (Lipinski definition) is 3. The monoisotopic (exact) mass is 304 g/mol. The molecule has 2 aromatic carbocycles. The van der Waals surface area contributed by atoms with Crippen LogP contribution in [-0.4, -0.2) is 16.9 Å². The van der Waals surface area contributed by atoms with Gasteiger partial charge in [0.05, 0.1) is 12.7 Å². The minimum absolute atomic E-state index is 0.457. The average molecular weight is 304 g/mol. The molecule has 1 unspecified atom stereocenters. The Morgan fingerprint density at radius 1 is 1.09 bits per heavy atom. The highest BCUT2D eigenvalue weighted by Crippen LogP contribution is 2.35. The topological polar surface area (TPSA) is 29.3 Å². The second kappa shape index (κ2) is 6.01. The highest BCUT2D eigenvalue weighted by atomic mass is 16.4. The van der Waals surface area contributed by atoms with E-state index in [2.05, 4.69) is 41.2 Å². The number of benzene rings is 2. The Labute approximate surface area is 136 Å². The molecular formula is C20H20N2O. The van der Waals surface area contributed by atoms with E-state index >= 15 is 0 Å². The van der Waals surface area contributed by atoms with E-state index in [9.17, 15) is 0 Å². The lowest BCUT2D eigenvalue weighted by atomic mass is 10.1. The van der Waals surface area contributed by atoms with Crippen LogP contribution in [0.4, 0.5) is 0 Å². The zero-order chi connectivity index (χ0) is 15.6. The van der Waals surface area contributed by atoms with E-state index in [1.807, 2.05) is 36.5 Å². The van der Waals surface area contributed by atoms with E-state index in [1.54, 1.807) is 0 Å². The zero-order valence-electron chi connectivity index (χ0n) is 13.3. The molecule has 116 valence electrons. The van der Waals surface area contributed by atoms with Gasteiger partial charge in [-0.1, -0.05) is 54.6 Å². The van der Waals surface area contributed by atoms with Crippen molar-refractivity contribution < 1.29 is 4.42 Å². The Kier molecular flexibility index (Phi) is 3.72. The van der Waals surface area contributed by atoms with E-state index in [4.69, 9.17) is 4.42 Å². The van der Waals surface area contributed by atoms with Crippen LogP contribution < -0.4 is 0 Å². The Bertz CT molecular complexity index is 794. The van der Waals surface area contributed by atoms with Crippen LogP contribution in [0.1, 0.15) is 29.5 Å². The predicted molar refractivity (Wildman–Crippen MR) is 90.9 cm³/mol. The maximum Gasteiger partial charge on any atom is 0.209 e. The van der Waals surface area contributed by atoms with Gasteiger partial charge in [-0.15, -0.1) is 0 Å². The average Bonchev–Trinajstić information content (AvgIpc) is 3.22. The minimum Gasteiger partial charge on any atom is -0.439 e. The Morgan fingerprint density at radius 3 is 2.74 bits per heavy atom. The molecule has 0 saturated heterocycles. The highest BCUT2D eigenvalue weighted by Gasteiger charge is 2.26. The van der Waals surface area contributed by atoms with E-state index in [0.29, 0.717) is 6.04 Å². The molecule has 0 N–H and O–H groups in total. The largest absolute Gasteiger partial charge is 0.439 e. The van der Waals surface area contributed by atoms with Crippen molar-refractivity contribution >= 4 is 0 Å². The standard InChI is InChI=1S/C20H20N2O/c1-22(18-12-11-15-7-5-6-10-17(15)18)14-20-21-13-19(23-20)16-8-3-2-4-9-16/h2-10,13,18H,11-12,14H2,1H3. The number of aryl methyl sites for hydroxylation is 1. The molecule has 0 bridgehead atoms. The fraction of sp³-hybridized carbons (Fsp3) is 0.250. The number of nitrogens with zero attached hydrogens (tertiary/aromatic N) is 2. The third-order valence-corrected chi connectivity index (χ3v) is 4.63. The molecule has 3 heteroatoms. The first-order chi connectivity index (χ1) is 11.3. The molecule has 0 amide bonds. The summed E-state index contributed by atoms with van der Waals surface area (Å²) >= 11 is 0. The first-order valence-electron chi connectivity index (χ1n) is 8.09. The quantitative estimate of drug-likeness (QED) is 0.712. The number of hydrogen-bond donors (Lipinski definition) is 0. The molecule has 1 aliphatic rings. The van der Waals surface area contributed by atoms with Crippen LogP contribution in [0.15, 0.2) is 65.2 Å². The van der Waals surface area contributed by atoms with Gasteiger partial charge in [0, 0.05) is 11.6 Å². The van der Waals surface area contributed by atoms with Gasteiger partial charge in [0.15, 0.2) is 5.76 Å². The fourth-order valence-electron chi connectivity index (χ4n) is 3.44. The summed E-state index contributed by atoms with van der Waals surface area (Å²) in [7, 11) is 2.15. The molecule has 1 heterocycles. The number of rotatable bonds is 4. The maximum absolute atomic E-state index is 5.94. The summed E-state index contributed by atoms with van der Waals surface area (Å²) in [6.07, 6.45) is 4.15. The summed E-state index contributed by atoms with van der Waals surface area (Å²) in [5.41, 5.74) is 3.99. The van der Waals surface area contributed by atoms with Crippen LogP contribution in [0.3, 0.4) is 0 Å². The van der Waals surface area contributed by atoms with Crippen molar-refractivity contribution in [3.05, 3.63) is 77.8 Å². The molecule has 1 aliphatic carbocycles. The molecule has 3 aromatic rings. The van der Waals surface area contributed by atoms with E-state index in [0.717, 1.165) is 30.2 Å². The second-order valence-corrected chi connectivity index (χ2v) is 6.15. The molecule has 0 radical (unpaired) electrons. The summed E-state index contributed by atoms with van der Waals surface area (Å²) in [5, 5.41) is 0.